The number of hydrogen-bond donors (Lipinski definition) is 4. The van der Waals surface area contributed by atoms with Gasteiger partial charge in [0.2, 0.25) is 0 Å². The van der Waals surface area contributed by atoms with E-state index < -0.39 is 12.1 Å². The molecule has 0 aliphatic heterocycles. The van der Waals surface area contributed by atoms with Crippen LogP contribution >= 0.6 is 0 Å². The molecule has 20 heavy (non-hydrogen) atoms. The van der Waals surface area contributed by atoms with E-state index in [1.807, 2.05) is 6.92 Å². The lowest BCUT2D eigenvalue weighted by atomic mass is 10.1. The lowest BCUT2D eigenvalue weighted by Gasteiger charge is -2.11. The van der Waals surface area contributed by atoms with Crippen molar-refractivity contribution in [1.82, 2.24) is 10.6 Å². The van der Waals surface area contributed by atoms with Gasteiger partial charge in [-0.3, -0.25) is 0 Å². The lowest BCUT2D eigenvalue weighted by molar-refractivity contribution is 0.0697. The van der Waals surface area contributed by atoms with Crippen LogP contribution in [0.1, 0.15) is 35.7 Å². The largest absolute Gasteiger partial charge is 0.478 e. The normalized spacial score (nSPS) is 11.7. The molecule has 0 saturated carbocycles. The van der Waals surface area contributed by atoms with E-state index in [1.54, 1.807) is 12.1 Å². The van der Waals surface area contributed by atoms with Crippen LogP contribution in [0.15, 0.2) is 24.3 Å². The van der Waals surface area contributed by atoms with Crippen LogP contribution in [0.4, 0.5) is 4.79 Å². The molecule has 6 heteroatoms. The maximum absolute atomic E-state index is 11.5. The monoisotopic (exact) mass is 280 g/mol. The van der Waals surface area contributed by atoms with Crippen molar-refractivity contribution in [2.24, 2.45) is 0 Å². The summed E-state index contributed by atoms with van der Waals surface area (Å²) in [5.74, 6) is -0.979. The quantitative estimate of drug-likeness (QED) is 0.606. The smallest absolute Gasteiger partial charge is 0.335 e. The predicted molar refractivity (Wildman–Crippen MR) is 74.6 cm³/mol. The standard InChI is InChI=1S/C14H20N2O4/c1-2-3-12(17)9-16-14(20)15-8-10-4-6-11(7-5-10)13(18)19/h4-7,12,17H,2-3,8-9H2,1H3,(H,18,19)(H2,15,16,20). The molecule has 1 unspecified atom stereocenters. The number of aromatic carboxylic acids is 1. The first-order chi connectivity index (χ1) is 9.52. The minimum Gasteiger partial charge on any atom is -0.478 e. The Bertz CT molecular complexity index is 445. The zero-order chi connectivity index (χ0) is 15.0. The van der Waals surface area contributed by atoms with Crippen LogP contribution in [0.3, 0.4) is 0 Å². The van der Waals surface area contributed by atoms with Crippen LogP contribution in [0.2, 0.25) is 0 Å². The Morgan fingerprint density at radius 1 is 1.20 bits per heavy atom. The van der Waals surface area contributed by atoms with Crippen LogP contribution in [0, 0.1) is 0 Å². The molecule has 0 aliphatic carbocycles. The molecule has 1 rings (SSSR count). The van der Waals surface area contributed by atoms with Crippen LogP contribution in [-0.2, 0) is 6.54 Å². The van der Waals surface area contributed by atoms with Gasteiger partial charge in [0.1, 0.15) is 0 Å². The second-order valence-corrected chi connectivity index (χ2v) is 4.51. The van der Waals surface area contributed by atoms with Crippen molar-refractivity contribution in [3.63, 3.8) is 0 Å². The number of carboxylic acid groups (broad SMARTS) is 1. The van der Waals surface area contributed by atoms with Gasteiger partial charge in [0.15, 0.2) is 0 Å². The van der Waals surface area contributed by atoms with E-state index in [1.165, 1.54) is 12.1 Å². The number of hydrogen-bond acceptors (Lipinski definition) is 3. The third kappa shape index (κ3) is 5.71. The molecule has 1 aromatic carbocycles. The average Bonchev–Trinajstić information content (AvgIpc) is 2.43. The van der Waals surface area contributed by atoms with Crippen molar-refractivity contribution in [2.75, 3.05) is 6.54 Å². The molecular weight excluding hydrogens is 260 g/mol. The fourth-order valence-electron chi connectivity index (χ4n) is 1.66. The molecule has 0 aromatic heterocycles. The number of benzene rings is 1. The number of carbonyl (C=O) groups excluding carboxylic acids is 1. The van der Waals surface area contributed by atoms with Crippen molar-refractivity contribution >= 4 is 12.0 Å². The summed E-state index contributed by atoms with van der Waals surface area (Å²) in [6, 6.07) is 5.91. The number of carbonyl (C=O) groups is 2. The molecule has 0 bridgehead atoms. The fraction of sp³-hybridized carbons (Fsp3) is 0.429. The van der Waals surface area contributed by atoms with Gasteiger partial charge < -0.3 is 20.8 Å². The molecule has 1 atom stereocenters. The minimum absolute atomic E-state index is 0.209. The Labute approximate surface area is 117 Å². The van der Waals surface area contributed by atoms with Gasteiger partial charge in [-0.05, 0) is 24.1 Å². The maximum Gasteiger partial charge on any atom is 0.335 e. The Morgan fingerprint density at radius 2 is 1.85 bits per heavy atom. The number of rotatable bonds is 7. The summed E-state index contributed by atoms with van der Waals surface area (Å²) >= 11 is 0. The van der Waals surface area contributed by atoms with E-state index in [4.69, 9.17) is 5.11 Å². The van der Waals surface area contributed by atoms with E-state index in [2.05, 4.69) is 10.6 Å². The highest BCUT2D eigenvalue weighted by molar-refractivity contribution is 5.87. The second-order valence-electron chi connectivity index (χ2n) is 4.51. The van der Waals surface area contributed by atoms with Gasteiger partial charge in [0.25, 0.3) is 0 Å². The topological polar surface area (TPSA) is 98.7 Å². The van der Waals surface area contributed by atoms with Crippen molar-refractivity contribution in [3.05, 3.63) is 35.4 Å². The van der Waals surface area contributed by atoms with Gasteiger partial charge in [-0.1, -0.05) is 25.5 Å². The number of aliphatic hydroxyl groups excluding tert-OH is 1. The van der Waals surface area contributed by atoms with E-state index in [0.717, 1.165) is 12.0 Å². The average molecular weight is 280 g/mol. The van der Waals surface area contributed by atoms with E-state index in [-0.39, 0.29) is 18.1 Å². The summed E-state index contributed by atoms with van der Waals surface area (Å²) in [5.41, 5.74) is 1.01. The first-order valence-corrected chi connectivity index (χ1v) is 6.55. The highest BCUT2D eigenvalue weighted by Gasteiger charge is 2.06. The summed E-state index contributed by atoms with van der Waals surface area (Å²) in [6.07, 6.45) is 0.984. The fourth-order valence-corrected chi connectivity index (χ4v) is 1.66. The van der Waals surface area contributed by atoms with Crippen molar-refractivity contribution < 1.29 is 19.8 Å². The highest BCUT2D eigenvalue weighted by Crippen LogP contribution is 2.04. The van der Waals surface area contributed by atoms with E-state index >= 15 is 0 Å². The lowest BCUT2D eigenvalue weighted by Crippen LogP contribution is -2.39. The van der Waals surface area contributed by atoms with E-state index in [9.17, 15) is 14.7 Å². The molecule has 1 aromatic rings. The summed E-state index contributed by atoms with van der Waals surface area (Å²) in [5, 5.41) is 23.4. The van der Waals surface area contributed by atoms with Gasteiger partial charge in [0.05, 0.1) is 11.7 Å². The molecule has 2 amide bonds. The van der Waals surface area contributed by atoms with Crippen LogP contribution < -0.4 is 10.6 Å². The molecule has 0 aliphatic rings. The number of nitrogens with one attached hydrogen (secondary N) is 2. The Kier molecular flexibility index (Phi) is 6.52. The van der Waals surface area contributed by atoms with Crippen LogP contribution in [-0.4, -0.2) is 34.9 Å². The zero-order valence-electron chi connectivity index (χ0n) is 11.4. The maximum atomic E-state index is 11.5. The third-order valence-corrected chi connectivity index (χ3v) is 2.77. The molecule has 0 heterocycles. The predicted octanol–water partition coefficient (Wildman–Crippen LogP) is 1.34. The van der Waals surface area contributed by atoms with Gasteiger partial charge in [-0.2, -0.15) is 0 Å². The molecule has 0 fully saturated rings. The van der Waals surface area contributed by atoms with Crippen LogP contribution in [0.25, 0.3) is 0 Å². The van der Waals surface area contributed by atoms with E-state index in [0.29, 0.717) is 13.0 Å². The summed E-state index contributed by atoms with van der Waals surface area (Å²) < 4.78 is 0. The molecule has 110 valence electrons. The first kappa shape index (κ1) is 16.0. The van der Waals surface area contributed by atoms with Gasteiger partial charge >= 0.3 is 12.0 Å². The first-order valence-electron chi connectivity index (χ1n) is 6.55. The Balaban J connectivity index is 2.32. The van der Waals surface area contributed by atoms with Crippen molar-refractivity contribution in [3.8, 4) is 0 Å². The molecule has 6 nitrogen and oxygen atoms in total. The van der Waals surface area contributed by atoms with Crippen molar-refractivity contribution in [1.29, 1.82) is 0 Å². The minimum atomic E-state index is -0.979. The summed E-state index contributed by atoms with van der Waals surface area (Å²) in [6.45, 7) is 2.48. The Morgan fingerprint density at radius 3 is 2.40 bits per heavy atom. The number of amides is 2. The van der Waals surface area contributed by atoms with Crippen molar-refractivity contribution in [2.45, 2.75) is 32.4 Å². The summed E-state index contributed by atoms with van der Waals surface area (Å²) in [4.78, 5) is 22.1. The number of urea groups is 1. The third-order valence-electron chi connectivity index (χ3n) is 2.77. The van der Waals surface area contributed by atoms with Gasteiger partial charge in [-0.25, -0.2) is 9.59 Å². The number of carboxylic acids is 1. The van der Waals surface area contributed by atoms with Gasteiger partial charge in [-0.15, -0.1) is 0 Å². The zero-order valence-corrected chi connectivity index (χ0v) is 11.4. The van der Waals surface area contributed by atoms with Gasteiger partial charge in [0, 0.05) is 13.1 Å². The number of aliphatic hydroxyl groups is 1. The Hall–Kier alpha value is -2.08. The van der Waals surface area contributed by atoms with Crippen LogP contribution in [0.5, 0.6) is 0 Å². The molecule has 0 spiro atoms. The molecule has 0 saturated heterocycles. The molecule has 0 radical (unpaired) electrons. The SMILES string of the molecule is CCCC(O)CNC(=O)NCc1ccc(C(=O)O)cc1. The second kappa shape index (κ2) is 8.16. The molecular formula is C14H20N2O4. The highest BCUT2D eigenvalue weighted by atomic mass is 16.4. The molecule has 4 N–H and O–H groups in total. The summed E-state index contributed by atoms with van der Waals surface area (Å²) in [7, 11) is 0.